The van der Waals surface area contributed by atoms with E-state index in [4.69, 9.17) is 85.8 Å². The molecule has 0 aliphatic carbocycles. The van der Waals surface area contributed by atoms with Gasteiger partial charge in [-0.25, -0.2) is 9.13 Å². The number of benzene rings is 12. The van der Waals surface area contributed by atoms with Gasteiger partial charge in [0.1, 0.15) is 46.0 Å². The number of aromatic amines is 4. The molecule has 12 aromatic carbocycles. The van der Waals surface area contributed by atoms with Crippen molar-refractivity contribution in [3.63, 3.8) is 0 Å². The third kappa shape index (κ3) is 23.5. The minimum Gasteiger partial charge on any atom is -1.00 e. The van der Waals surface area contributed by atoms with Crippen molar-refractivity contribution in [1.29, 1.82) is 0 Å². The van der Waals surface area contributed by atoms with Gasteiger partial charge in [-0.05, 0) is 226 Å². The van der Waals surface area contributed by atoms with Crippen LogP contribution in [-0.2, 0) is 27.2 Å². The van der Waals surface area contributed by atoms with E-state index >= 15 is 0 Å². The number of phenols is 5. The molecule has 11 N–H and O–H groups in total. The summed E-state index contributed by atoms with van der Waals surface area (Å²) in [6, 6.07) is 73.2. The van der Waals surface area contributed by atoms with Crippen molar-refractivity contribution in [3.05, 3.63) is 262 Å². The normalized spacial score (nSPS) is 11.9. The summed E-state index contributed by atoms with van der Waals surface area (Å²) >= 11 is 21.9. The second-order valence-electron chi connectivity index (χ2n) is 31.7. The van der Waals surface area contributed by atoms with E-state index in [-0.39, 0.29) is 100 Å². The number of fused-ring (bicyclic) bond motifs is 4. The Bertz CT molecular complexity index is 6930. The Hall–Kier alpha value is -10.2. The van der Waals surface area contributed by atoms with Crippen molar-refractivity contribution in [2.45, 2.75) is 113 Å². The van der Waals surface area contributed by atoms with Crippen LogP contribution >= 0.6 is 73.1 Å². The van der Waals surface area contributed by atoms with E-state index in [2.05, 4.69) is 45.3 Å². The summed E-state index contributed by atoms with van der Waals surface area (Å²) in [6.07, 6.45) is 0. The monoisotopic (exact) mass is 1840 g/mol. The smallest absolute Gasteiger partial charge is 1.00 e. The van der Waals surface area contributed by atoms with Crippen LogP contribution in [-0.4, -0.2) is 117 Å². The Kier molecular flexibility index (Phi) is 30.1. The summed E-state index contributed by atoms with van der Waals surface area (Å²) in [4.78, 5) is 17.8. The van der Waals surface area contributed by atoms with Gasteiger partial charge in [-0.15, -0.1) is 0 Å². The maximum absolute atomic E-state index is 13.5. The van der Waals surface area contributed by atoms with E-state index in [1.165, 1.54) is 36.4 Å². The molecule has 36 heteroatoms. The summed E-state index contributed by atoms with van der Waals surface area (Å²) in [5.74, 6) is 1.65. The summed E-state index contributed by atoms with van der Waals surface area (Å²) in [5.41, 5.74) is 2.56. The Morgan fingerprint density at radius 3 is 0.896 bits per heavy atom. The number of phosphoric ester groups is 2. The second kappa shape index (κ2) is 39.4. The first-order chi connectivity index (χ1) is 58.1. The number of rotatable bonds is 18. The van der Waals surface area contributed by atoms with Gasteiger partial charge in [0.05, 0.1) is 67.4 Å². The molecule has 125 heavy (non-hydrogen) atoms. The quantitative estimate of drug-likeness (QED) is 0.0216. The molecule has 4 aromatic heterocycles. The van der Waals surface area contributed by atoms with Gasteiger partial charge in [0.25, 0.3) is 0 Å². The third-order valence-electron chi connectivity index (χ3n) is 17.7. The first-order valence-corrected chi connectivity index (χ1v) is 43.8. The topological polar surface area (TPSA) is 375 Å². The molecule has 0 saturated carbocycles. The molecule has 0 atom stereocenters. The Labute approximate surface area is 785 Å². The number of nitrogens with one attached hydrogen (secondary N) is 4. The third-order valence-corrected chi connectivity index (χ3v) is 22.9. The van der Waals surface area contributed by atoms with Gasteiger partial charge in [0.2, 0.25) is 0 Å². The van der Waals surface area contributed by atoms with Crippen LogP contribution < -0.4 is 65.0 Å². The summed E-state index contributed by atoms with van der Waals surface area (Å²) in [7, 11) is -10.5. The van der Waals surface area contributed by atoms with Gasteiger partial charge >= 0.3 is 75.6 Å². The Morgan fingerprint density at radius 1 is 0.352 bits per heavy atom. The van der Waals surface area contributed by atoms with Crippen molar-refractivity contribution >= 4 is 116 Å². The fourth-order valence-corrected chi connectivity index (χ4v) is 17.4. The van der Waals surface area contributed by atoms with Crippen LogP contribution in [0.1, 0.15) is 91.9 Å². The van der Waals surface area contributed by atoms with Crippen LogP contribution in [0.3, 0.4) is 0 Å². The first kappa shape index (κ1) is 95.5. The molecule has 16 aromatic rings. The molecule has 16 rings (SSSR count). The predicted octanol–water partition coefficient (Wildman–Crippen LogP) is 21.1. The van der Waals surface area contributed by atoms with Gasteiger partial charge < -0.3 is 40.5 Å². The molecule has 0 unspecified atom stereocenters. The number of hydrogen-bond acceptors (Lipinski definition) is 22. The molecule has 28 nitrogen and oxygen atoms in total. The van der Waals surface area contributed by atoms with Crippen LogP contribution in [0.2, 0.25) is 0 Å². The number of aromatic nitrogens is 12. The minimum absolute atomic E-state index is 0. The maximum Gasteiger partial charge on any atom is 1.00 e. The van der Waals surface area contributed by atoms with Crippen LogP contribution in [0.5, 0.6) is 46.0 Å². The zero-order valence-corrected chi connectivity index (χ0v) is 78.5. The summed E-state index contributed by atoms with van der Waals surface area (Å²) in [6.45, 7) is 22.2. The Morgan fingerprint density at radius 2 is 0.616 bits per heavy atom. The molecule has 0 spiro atoms. The number of nitrogens with zero attached hydrogens (tertiary/aromatic N) is 8. The standard InChI is InChI=1S/C26H30N3O5PS.C26H30N3O4PS.C18H14N3O5PS.C18H13N3O2S.CH4.K.H/c1-25(2,3)33-35(31,34-26(4,5)6)32-18-14-15-20(22(30)16-18)23-27-28-24(36)29(23)21-13-9-11-17-10-7-8-12-19(17)21;1-25(2,3)32-34(33-26(4,5)6)31-18-14-15-20(22(30)16-18)23-27-28-24(35)29(23)21-13-9-11-17-10-7-8-12-19(17)21;22-16-10-12(26-27(23,24)25)8-9-14(16)17-19-20-18(28)21(17)15-7-3-5-11-4-1-2-6-13(11)15;22-12-8-9-14(16(23)10-12)17-19-20-18(24)21(17)15-7-3-5-11-4-1-2-6-13(11)15;;;/h7-16,30H,1-6H3,(H,28,36);7-16,30H,1-6H3,(H,28,35);1-10,22H,(H,20,28)(H2,23,24,25);1-10,22-23H,(H,20,24);1H4;;/q;;;;;+1;-1. The predicted molar refractivity (Wildman–Crippen MR) is 495 cm³/mol. The van der Waals surface area contributed by atoms with E-state index in [1.807, 2.05) is 216 Å². The van der Waals surface area contributed by atoms with Crippen molar-refractivity contribution in [2.75, 3.05) is 0 Å². The average molecular weight is 1850 g/mol. The van der Waals surface area contributed by atoms with Crippen molar-refractivity contribution in [1.82, 2.24) is 59.1 Å². The summed E-state index contributed by atoms with van der Waals surface area (Å²) < 4.78 is 72.6. The molecule has 4 heterocycles. The van der Waals surface area contributed by atoms with E-state index < -0.39 is 46.7 Å². The molecule has 0 radical (unpaired) electrons. The number of hydrogen-bond donors (Lipinski definition) is 11. The maximum atomic E-state index is 13.5. The van der Waals surface area contributed by atoms with Gasteiger partial charge in [-0.2, -0.15) is 20.4 Å². The molecule has 0 saturated heterocycles. The molecule has 0 fully saturated rings. The van der Waals surface area contributed by atoms with Crippen LogP contribution in [0.4, 0.5) is 0 Å². The fourth-order valence-electron chi connectivity index (χ4n) is 13.0. The van der Waals surface area contributed by atoms with E-state index in [0.29, 0.717) is 70.4 Å². The number of aromatic hydroxyl groups is 5. The largest absolute Gasteiger partial charge is 1.00 e. The van der Waals surface area contributed by atoms with Crippen LogP contribution in [0.25, 0.3) is 111 Å². The Balaban J connectivity index is 0.000000176. The molecular formula is C89H92KN12O16P3S4. The van der Waals surface area contributed by atoms with Crippen molar-refractivity contribution in [3.8, 4) is 114 Å². The SMILES string of the molecule is C.CC(C)(C)OP(=O)(Oc1ccc(-c2n[nH]c(=S)n2-c2cccc3ccccc23)c(O)c1)OC(C)(C)C.CC(C)(C)OP(Oc1ccc(-c2n[nH]c(=S)n2-c2cccc3ccccc23)c(O)c1)OC(C)(C)C.O=P(O)(O)Oc1ccc(-c2n[nH]c(=S)n2-c2cccc3ccccc23)c(O)c1.Oc1ccc(-c2n[nH]c(=S)n2-c2cccc3ccccc23)c(O)c1.[H-].[K+]. The molecule has 0 aliphatic rings. The number of H-pyrrole nitrogens is 4. The van der Waals surface area contributed by atoms with Crippen LogP contribution in [0.15, 0.2) is 243 Å². The van der Waals surface area contributed by atoms with Gasteiger partial charge in [0.15, 0.2) is 42.4 Å². The summed E-state index contributed by atoms with van der Waals surface area (Å²) in [5, 5.41) is 88.7. The zero-order chi connectivity index (χ0) is 88.3. The fraction of sp³-hybridized carbons (Fsp3) is 0.191. The van der Waals surface area contributed by atoms with Gasteiger partial charge in [-0.1, -0.05) is 153 Å². The molecule has 0 amide bonds. The number of phenolic OH excluding ortho intramolecular Hbond substituents is 5. The van der Waals surface area contributed by atoms with Crippen molar-refractivity contribution in [2.24, 2.45) is 0 Å². The van der Waals surface area contributed by atoms with Gasteiger partial charge in [-0.3, -0.25) is 66.5 Å². The van der Waals surface area contributed by atoms with Crippen molar-refractivity contribution < 1.29 is 129 Å². The van der Waals surface area contributed by atoms with E-state index in [1.54, 1.807) is 85.6 Å². The zero-order valence-electron chi connectivity index (χ0n) is 70.5. The minimum atomic E-state index is -4.73. The molecule has 0 bridgehead atoms. The first-order valence-electron chi connectivity index (χ1n) is 38.1. The molecule has 0 aliphatic heterocycles. The average Bonchev–Trinajstić information content (AvgIpc) is 1.59. The van der Waals surface area contributed by atoms with Crippen LogP contribution in [0, 0.1) is 19.1 Å². The molecule has 644 valence electrons. The van der Waals surface area contributed by atoms with E-state index in [0.717, 1.165) is 71.9 Å². The van der Waals surface area contributed by atoms with E-state index in [9.17, 15) is 34.7 Å². The number of phosphoric acid groups is 2. The van der Waals surface area contributed by atoms with Gasteiger partial charge in [0, 0.05) is 45.8 Å². The molecular weight excluding hydrogens is 1750 g/mol. The second-order valence-corrected chi connectivity index (χ2v) is 36.9.